The Hall–Kier alpha value is -3.43. The fourth-order valence-corrected chi connectivity index (χ4v) is 4.38. The lowest BCUT2D eigenvalue weighted by Gasteiger charge is -2.33. The topological polar surface area (TPSA) is 123 Å². The van der Waals surface area contributed by atoms with E-state index in [4.69, 9.17) is 14.2 Å². The van der Waals surface area contributed by atoms with Crippen molar-refractivity contribution < 1.29 is 33.7 Å². The smallest absolute Gasteiger partial charge is 0.408 e. The molecule has 1 aliphatic rings. The lowest BCUT2D eigenvalue weighted by molar-refractivity contribution is -0.147. The maximum atomic E-state index is 13.2. The van der Waals surface area contributed by atoms with Crippen molar-refractivity contribution in [1.82, 2.24) is 10.6 Å². The third-order valence-corrected chi connectivity index (χ3v) is 6.51. The molecule has 3 atom stereocenters. The van der Waals surface area contributed by atoms with E-state index >= 15 is 0 Å². The monoisotopic (exact) mass is 484 g/mol. The van der Waals surface area contributed by atoms with Crippen molar-refractivity contribution in [3.63, 3.8) is 0 Å². The molecule has 2 amide bonds. The van der Waals surface area contributed by atoms with Crippen molar-refractivity contribution in [1.29, 1.82) is 0 Å². The number of aliphatic carboxylic acids is 1. The first kappa shape index (κ1) is 26.2. The van der Waals surface area contributed by atoms with Gasteiger partial charge in [-0.1, -0.05) is 55.5 Å². The van der Waals surface area contributed by atoms with Crippen LogP contribution in [-0.2, 0) is 23.8 Å². The molecule has 0 aliphatic heterocycles. The van der Waals surface area contributed by atoms with Gasteiger partial charge >= 0.3 is 12.1 Å². The van der Waals surface area contributed by atoms with Gasteiger partial charge in [-0.3, -0.25) is 4.79 Å². The average molecular weight is 485 g/mol. The van der Waals surface area contributed by atoms with Gasteiger partial charge in [-0.15, -0.1) is 0 Å². The maximum absolute atomic E-state index is 13.2. The Labute approximate surface area is 204 Å². The fraction of sp³-hybridized carbons (Fsp3) is 0.423. The van der Waals surface area contributed by atoms with Crippen molar-refractivity contribution in [2.75, 3.05) is 27.4 Å². The Morgan fingerprint density at radius 1 is 1.03 bits per heavy atom. The molecule has 3 N–H and O–H groups in total. The normalized spacial score (nSPS) is 15.8. The number of benzene rings is 2. The van der Waals surface area contributed by atoms with Crippen LogP contribution in [0.4, 0.5) is 4.79 Å². The molecule has 3 rings (SSSR count). The number of hydrogen-bond donors (Lipinski definition) is 3. The molecule has 9 nitrogen and oxygen atoms in total. The van der Waals surface area contributed by atoms with Gasteiger partial charge in [0.15, 0.2) is 6.04 Å². The van der Waals surface area contributed by atoms with Gasteiger partial charge in [0, 0.05) is 20.1 Å². The Bertz CT molecular complexity index is 1030. The highest BCUT2D eigenvalue weighted by atomic mass is 16.5. The van der Waals surface area contributed by atoms with Crippen molar-refractivity contribution in [2.24, 2.45) is 0 Å². The van der Waals surface area contributed by atoms with Crippen LogP contribution in [0.2, 0.25) is 0 Å². The second-order valence-electron chi connectivity index (χ2n) is 8.55. The van der Waals surface area contributed by atoms with E-state index in [1.54, 1.807) is 6.92 Å². The standard InChI is InChI=1S/C26H32N2O7/c1-5-26(15-33-3,24(31)27-22(23(29)30)16(2)34-4)28-25(32)35-14-21-19-12-8-6-10-17(19)18-11-7-9-13-20(18)21/h6-13,16,21-22H,5,14-15H2,1-4H3,(H,27,31)(H,28,32)(H,29,30). The van der Waals surface area contributed by atoms with Gasteiger partial charge in [0.05, 0.1) is 12.7 Å². The maximum Gasteiger partial charge on any atom is 0.408 e. The SMILES string of the molecule is CCC(COC)(NC(=O)OCC1c2ccccc2-c2ccccc21)C(=O)NC(C(=O)O)C(C)OC. The molecule has 188 valence electrons. The summed E-state index contributed by atoms with van der Waals surface area (Å²) in [6.45, 7) is 3.12. The van der Waals surface area contributed by atoms with Crippen LogP contribution >= 0.6 is 0 Å². The van der Waals surface area contributed by atoms with Gasteiger partial charge in [0.25, 0.3) is 0 Å². The minimum absolute atomic E-state index is 0.0761. The Balaban J connectivity index is 1.75. The molecule has 35 heavy (non-hydrogen) atoms. The van der Waals surface area contributed by atoms with Crippen molar-refractivity contribution in [2.45, 2.75) is 43.9 Å². The lowest BCUT2D eigenvalue weighted by atomic mass is 9.95. The van der Waals surface area contributed by atoms with E-state index in [1.807, 2.05) is 48.5 Å². The van der Waals surface area contributed by atoms with E-state index in [0.717, 1.165) is 22.3 Å². The second kappa shape index (κ2) is 11.3. The zero-order valence-electron chi connectivity index (χ0n) is 20.4. The van der Waals surface area contributed by atoms with Crippen LogP contribution in [0.25, 0.3) is 11.1 Å². The summed E-state index contributed by atoms with van der Waals surface area (Å²) in [6, 6.07) is 14.6. The van der Waals surface area contributed by atoms with Gasteiger partial charge in [-0.2, -0.15) is 0 Å². The summed E-state index contributed by atoms with van der Waals surface area (Å²) in [5.74, 6) is -2.10. The molecule has 0 saturated carbocycles. The average Bonchev–Trinajstić information content (AvgIpc) is 3.18. The highest BCUT2D eigenvalue weighted by molar-refractivity contribution is 5.93. The lowest BCUT2D eigenvalue weighted by Crippen LogP contribution is -2.64. The first-order valence-corrected chi connectivity index (χ1v) is 11.5. The number of rotatable bonds is 11. The molecular weight excluding hydrogens is 452 g/mol. The Morgan fingerprint density at radius 2 is 1.60 bits per heavy atom. The molecule has 0 bridgehead atoms. The van der Waals surface area contributed by atoms with Crippen LogP contribution in [0.1, 0.15) is 37.3 Å². The first-order chi connectivity index (χ1) is 16.8. The number of carbonyl (C=O) groups is 3. The molecule has 3 unspecified atom stereocenters. The Kier molecular flexibility index (Phi) is 8.48. The number of fused-ring (bicyclic) bond motifs is 3. The largest absolute Gasteiger partial charge is 0.480 e. The zero-order valence-corrected chi connectivity index (χ0v) is 20.4. The molecule has 0 aromatic heterocycles. The number of methoxy groups -OCH3 is 2. The van der Waals surface area contributed by atoms with Crippen molar-refractivity contribution in [3.05, 3.63) is 59.7 Å². The van der Waals surface area contributed by atoms with E-state index in [2.05, 4.69) is 10.6 Å². The summed E-state index contributed by atoms with van der Waals surface area (Å²) in [5.41, 5.74) is 2.81. The van der Waals surface area contributed by atoms with Gasteiger partial charge in [0.2, 0.25) is 5.91 Å². The molecule has 0 heterocycles. The molecule has 1 aliphatic carbocycles. The van der Waals surface area contributed by atoms with Crippen LogP contribution in [0.5, 0.6) is 0 Å². The number of nitrogens with one attached hydrogen (secondary N) is 2. The molecule has 2 aromatic carbocycles. The number of carboxylic acids is 1. The third-order valence-electron chi connectivity index (χ3n) is 6.51. The van der Waals surface area contributed by atoms with Crippen LogP contribution < -0.4 is 10.6 Å². The molecule has 0 fully saturated rings. The number of hydrogen-bond acceptors (Lipinski definition) is 6. The van der Waals surface area contributed by atoms with Crippen LogP contribution in [0.3, 0.4) is 0 Å². The summed E-state index contributed by atoms with van der Waals surface area (Å²) in [4.78, 5) is 37.7. The van der Waals surface area contributed by atoms with Crippen LogP contribution in [-0.4, -0.2) is 68.2 Å². The van der Waals surface area contributed by atoms with E-state index in [1.165, 1.54) is 21.1 Å². The van der Waals surface area contributed by atoms with Gasteiger partial charge < -0.3 is 30.0 Å². The minimum Gasteiger partial charge on any atom is -0.480 e. The van der Waals surface area contributed by atoms with Gasteiger partial charge in [0.1, 0.15) is 12.1 Å². The summed E-state index contributed by atoms with van der Waals surface area (Å²) in [6.07, 6.45) is -1.44. The molecule has 2 aromatic rings. The molecular formula is C26H32N2O7. The van der Waals surface area contributed by atoms with Crippen LogP contribution in [0, 0.1) is 0 Å². The van der Waals surface area contributed by atoms with Gasteiger partial charge in [-0.25, -0.2) is 9.59 Å². The van der Waals surface area contributed by atoms with Gasteiger partial charge in [-0.05, 0) is 35.6 Å². The third kappa shape index (κ3) is 5.47. The fourth-order valence-electron chi connectivity index (χ4n) is 4.38. The summed E-state index contributed by atoms with van der Waals surface area (Å²) in [5, 5.41) is 14.6. The molecule has 0 spiro atoms. The zero-order chi connectivity index (χ0) is 25.6. The minimum atomic E-state index is -1.53. The number of carboxylic acid groups (broad SMARTS) is 1. The first-order valence-electron chi connectivity index (χ1n) is 11.5. The summed E-state index contributed by atoms with van der Waals surface area (Å²) in [7, 11) is 2.74. The number of alkyl carbamates (subject to hydrolysis) is 1. The second-order valence-corrected chi connectivity index (χ2v) is 8.55. The van der Waals surface area contributed by atoms with E-state index in [9.17, 15) is 19.5 Å². The number of carbonyl (C=O) groups excluding carboxylic acids is 2. The quantitative estimate of drug-likeness (QED) is 0.448. The Morgan fingerprint density at radius 3 is 2.09 bits per heavy atom. The highest BCUT2D eigenvalue weighted by Crippen LogP contribution is 2.44. The van der Waals surface area contributed by atoms with Crippen molar-refractivity contribution in [3.8, 4) is 11.1 Å². The number of ether oxygens (including phenoxy) is 3. The highest BCUT2D eigenvalue weighted by Gasteiger charge is 2.42. The summed E-state index contributed by atoms with van der Waals surface area (Å²) >= 11 is 0. The number of amides is 2. The molecule has 9 heteroatoms. The predicted molar refractivity (Wildman–Crippen MR) is 129 cm³/mol. The summed E-state index contributed by atoms with van der Waals surface area (Å²) < 4.78 is 15.9. The molecule has 0 saturated heterocycles. The van der Waals surface area contributed by atoms with E-state index < -0.39 is 35.7 Å². The molecule has 0 radical (unpaired) electrons. The van der Waals surface area contributed by atoms with Crippen LogP contribution in [0.15, 0.2) is 48.5 Å². The van der Waals surface area contributed by atoms with E-state index in [-0.39, 0.29) is 25.6 Å². The predicted octanol–water partition coefficient (Wildman–Crippen LogP) is 2.92. The van der Waals surface area contributed by atoms with E-state index in [0.29, 0.717) is 0 Å². The van der Waals surface area contributed by atoms with Crippen molar-refractivity contribution >= 4 is 18.0 Å².